The van der Waals surface area contributed by atoms with Crippen molar-refractivity contribution in [2.75, 3.05) is 17.7 Å². The number of amides is 1. The smallest absolute Gasteiger partial charge is 0.335 e. The SMILES string of the molecule is Cc1cccnc1C(=O)N(C)c1ccc(C(=O)O)cc1N. The number of carboxylic acid groups (broad SMARTS) is 1. The maximum atomic E-state index is 12.4. The van der Waals surface area contributed by atoms with Gasteiger partial charge in [-0.15, -0.1) is 0 Å². The van der Waals surface area contributed by atoms with Crippen molar-refractivity contribution >= 4 is 23.3 Å². The maximum Gasteiger partial charge on any atom is 0.335 e. The Labute approximate surface area is 121 Å². The van der Waals surface area contributed by atoms with Crippen molar-refractivity contribution in [1.29, 1.82) is 0 Å². The molecule has 0 fully saturated rings. The summed E-state index contributed by atoms with van der Waals surface area (Å²) in [6, 6.07) is 7.79. The van der Waals surface area contributed by atoms with Crippen LogP contribution in [0.5, 0.6) is 0 Å². The molecular weight excluding hydrogens is 270 g/mol. The fraction of sp³-hybridized carbons (Fsp3) is 0.133. The number of rotatable bonds is 3. The molecule has 1 aromatic carbocycles. The average molecular weight is 285 g/mol. The van der Waals surface area contributed by atoms with Crippen molar-refractivity contribution in [1.82, 2.24) is 4.98 Å². The number of nitrogens with two attached hydrogens (primary N) is 1. The van der Waals surface area contributed by atoms with E-state index >= 15 is 0 Å². The molecule has 0 radical (unpaired) electrons. The van der Waals surface area contributed by atoms with Crippen molar-refractivity contribution < 1.29 is 14.7 Å². The number of nitrogen functional groups attached to an aromatic ring is 1. The topological polar surface area (TPSA) is 96.5 Å². The van der Waals surface area contributed by atoms with E-state index in [2.05, 4.69) is 4.98 Å². The molecule has 6 heteroatoms. The summed E-state index contributed by atoms with van der Waals surface area (Å²) in [5.41, 5.74) is 7.67. The summed E-state index contributed by atoms with van der Waals surface area (Å²) >= 11 is 0. The summed E-state index contributed by atoms with van der Waals surface area (Å²) in [6.07, 6.45) is 1.55. The molecule has 0 aliphatic heterocycles. The Morgan fingerprint density at radius 2 is 2.00 bits per heavy atom. The van der Waals surface area contributed by atoms with Crippen molar-refractivity contribution in [2.24, 2.45) is 0 Å². The first-order valence-electron chi connectivity index (χ1n) is 6.24. The molecule has 1 heterocycles. The van der Waals surface area contributed by atoms with Crippen LogP contribution < -0.4 is 10.6 Å². The van der Waals surface area contributed by atoms with Crippen molar-refractivity contribution in [3.05, 3.63) is 53.3 Å². The van der Waals surface area contributed by atoms with E-state index in [1.807, 2.05) is 0 Å². The number of hydrogen-bond donors (Lipinski definition) is 2. The molecule has 0 aliphatic carbocycles. The normalized spacial score (nSPS) is 10.2. The van der Waals surface area contributed by atoms with Gasteiger partial charge in [0, 0.05) is 13.2 Å². The van der Waals surface area contributed by atoms with Gasteiger partial charge in [0.25, 0.3) is 5.91 Å². The molecule has 0 spiro atoms. The standard InChI is InChI=1S/C15H15N3O3/c1-9-4-3-7-17-13(9)14(19)18(2)12-6-5-10(15(20)21)8-11(12)16/h3-8H,16H2,1-2H3,(H,20,21). The van der Waals surface area contributed by atoms with Gasteiger partial charge in [-0.1, -0.05) is 6.07 Å². The molecule has 1 amide bonds. The van der Waals surface area contributed by atoms with E-state index in [9.17, 15) is 9.59 Å². The van der Waals surface area contributed by atoms with Crippen molar-refractivity contribution in [3.63, 3.8) is 0 Å². The van der Waals surface area contributed by atoms with Crippen molar-refractivity contribution in [3.8, 4) is 0 Å². The van der Waals surface area contributed by atoms with Crippen LogP contribution in [0.15, 0.2) is 36.5 Å². The lowest BCUT2D eigenvalue weighted by Gasteiger charge is -2.19. The van der Waals surface area contributed by atoms with E-state index in [1.54, 1.807) is 32.3 Å². The van der Waals surface area contributed by atoms with Crippen LogP contribution in [0.1, 0.15) is 26.4 Å². The van der Waals surface area contributed by atoms with E-state index in [1.165, 1.54) is 23.1 Å². The first-order chi connectivity index (χ1) is 9.91. The van der Waals surface area contributed by atoms with Crippen LogP contribution in [0.25, 0.3) is 0 Å². The maximum absolute atomic E-state index is 12.4. The lowest BCUT2D eigenvalue weighted by molar-refractivity contribution is 0.0697. The Hall–Kier alpha value is -2.89. The molecule has 108 valence electrons. The number of carbonyl (C=O) groups excluding carboxylic acids is 1. The molecule has 0 saturated carbocycles. The van der Waals surface area contributed by atoms with Crippen LogP contribution in [0.3, 0.4) is 0 Å². The first-order valence-corrected chi connectivity index (χ1v) is 6.24. The summed E-state index contributed by atoms with van der Waals surface area (Å²) in [7, 11) is 1.57. The molecule has 0 saturated heterocycles. The Morgan fingerprint density at radius 3 is 2.57 bits per heavy atom. The number of carboxylic acids is 1. The van der Waals surface area contributed by atoms with E-state index in [0.29, 0.717) is 11.4 Å². The number of carbonyl (C=O) groups is 2. The highest BCUT2D eigenvalue weighted by Crippen LogP contribution is 2.25. The van der Waals surface area contributed by atoms with E-state index in [4.69, 9.17) is 10.8 Å². The monoisotopic (exact) mass is 285 g/mol. The summed E-state index contributed by atoms with van der Waals surface area (Å²) in [5, 5.41) is 8.92. The van der Waals surface area contributed by atoms with Gasteiger partial charge in [0.15, 0.2) is 0 Å². The number of pyridine rings is 1. The fourth-order valence-corrected chi connectivity index (χ4v) is 1.97. The highest BCUT2D eigenvalue weighted by atomic mass is 16.4. The summed E-state index contributed by atoms with van der Waals surface area (Å²) in [4.78, 5) is 28.7. The molecular formula is C15H15N3O3. The van der Waals surface area contributed by atoms with Crippen LogP contribution in [-0.2, 0) is 0 Å². The highest BCUT2D eigenvalue weighted by molar-refractivity contribution is 6.07. The predicted octanol–water partition coefficient (Wildman–Crippen LogP) is 1.95. The summed E-state index contributed by atoms with van der Waals surface area (Å²) in [6.45, 7) is 1.80. The van der Waals surface area contributed by atoms with Gasteiger partial charge in [-0.3, -0.25) is 9.78 Å². The number of aromatic carboxylic acids is 1. The predicted molar refractivity (Wildman–Crippen MR) is 79.5 cm³/mol. The molecule has 3 N–H and O–H groups in total. The zero-order valence-corrected chi connectivity index (χ0v) is 11.7. The second kappa shape index (κ2) is 5.62. The van der Waals surface area contributed by atoms with E-state index in [0.717, 1.165) is 5.56 Å². The van der Waals surface area contributed by atoms with Crippen LogP contribution in [0.2, 0.25) is 0 Å². The first kappa shape index (κ1) is 14.5. The number of anilines is 2. The fourth-order valence-electron chi connectivity index (χ4n) is 1.97. The summed E-state index contributed by atoms with van der Waals surface area (Å²) in [5.74, 6) is -1.37. The number of nitrogens with zero attached hydrogens (tertiary/aromatic N) is 2. The van der Waals surface area contributed by atoms with Gasteiger partial charge in [-0.05, 0) is 36.8 Å². The second-order valence-electron chi connectivity index (χ2n) is 4.61. The third-order valence-electron chi connectivity index (χ3n) is 3.15. The molecule has 2 aromatic rings. The minimum absolute atomic E-state index is 0.0751. The Bertz CT molecular complexity index is 713. The molecule has 0 atom stereocenters. The molecule has 0 unspecified atom stereocenters. The lowest BCUT2D eigenvalue weighted by atomic mass is 10.1. The van der Waals surface area contributed by atoms with Gasteiger partial charge in [0.05, 0.1) is 16.9 Å². The number of hydrogen-bond acceptors (Lipinski definition) is 4. The van der Waals surface area contributed by atoms with Crippen LogP contribution in [0, 0.1) is 6.92 Å². The van der Waals surface area contributed by atoms with Gasteiger partial charge < -0.3 is 15.7 Å². The molecule has 1 aromatic heterocycles. The summed E-state index contributed by atoms with van der Waals surface area (Å²) < 4.78 is 0. The van der Waals surface area contributed by atoms with Crippen LogP contribution >= 0.6 is 0 Å². The number of benzene rings is 1. The number of aryl methyl sites for hydroxylation is 1. The third-order valence-corrected chi connectivity index (χ3v) is 3.15. The van der Waals surface area contributed by atoms with Gasteiger partial charge >= 0.3 is 5.97 Å². The van der Waals surface area contributed by atoms with Crippen LogP contribution in [-0.4, -0.2) is 29.0 Å². The van der Waals surface area contributed by atoms with Gasteiger partial charge in [0.2, 0.25) is 0 Å². The Balaban J connectivity index is 2.36. The molecule has 6 nitrogen and oxygen atoms in total. The zero-order chi connectivity index (χ0) is 15.6. The average Bonchev–Trinajstić information content (AvgIpc) is 2.46. The largest absolute Gasteiger partial charge is 0.478 e. The molecule has 21 heavy (non-hydrogen) atoms. The lowest BCUT2D eigenvalue weighted by Crippen LogP contribution is -2.28. The molecule has 2 rings (SSSR count). The zero-order valence-electron chi connectivity index (χ0n) is 11.7. The quantitative estimate of drug-likeness (QED) is 0.840. The van der Waals surface area contributed by atoms with Gasteiger partial charge in [-0.25, -0.2) is 4.79 Å². The minimum atomic E-state index is -1.07. The van der Waals surface area contributed by atoms with Crippen molar-refractivity contribution in [2.45, 2.75) is 6.92 Å². The minimum Gasteiger partial charge on any atom is -0.478 e. The van der Waals surface area contributed by atoms with E-state index in [-0.39, 0.29) is 17.2 Å². The third kappa shape index (κ3) is 2.84. The molecule has 0 bridgehead atoms. The van der Waals surface area contributed by atoms with Gasteiger partial charge in [-0.2, -0.15) is 0 Å². The van der Waals surface area contributed by atoms with Gasteiger partial charge in [0.1, 0.15) is 5.69 Å². The number of aromatic nitrogens is 1. The highest BCUT2D eigenvalue weighted by Gasteiger charge is 2.19. The Morgan fingerprint density at radius 1 is 1.29 bits per heavy atom. The Kier molecular flexibility index (Phi) is 3.89. The van der Waals surface area contributed by atoms with Crippen LogP contribution in [0.4, 0.5) is 11.4 Å². The van der Waals surface area contributed by atoms with E-state index < -0.39 is 5.97 Å². The second-order valence-corrected chi connectivity index (χ2v) is 4.61. The molecule has 0 aliphatic rings.